The maximum Gasteiger partial charge on any atom is 0.243 e. The van der Waals surface area contributed by atoms with Crippen molar-refractivity contribution in [3.63, 3.8) is 0 Å². The molecule has 2 aromatic carbocycles. The summed E-state index contributed by atoms with van der Waals surface area (Å²) in [5.74, 6) is 0.934. The average Bonchev–Trinajstić information content (AvgIpc) is 3.46. The van der Waals surface area contributed by atoms with Crippen molar-refractivity contribution in [2.24, 2.45) is 18.9 Å². The highest BCUT2D eigenvalue weighted by Crippen LogP contribution is 2.27. The van der Waals surface area contributed by atoms with Crippen LogP contribution in [0.2, 0.25) is 0 Å². The minimum absolute atomic E-state index is 0.234. The number of hydrogen-bond acceptors (Lipinski definition) is 5. The van der Waals surface area contributed by atoms with E-state index in [1.165, 1.54) is 0 Å². The van der Waals surface area contributed by atoms with Gasteiger partial charge in [-0.05, 0) is 61.1 Å². The number of fused-ring (bicyclic) bond motifs is 1. The van der Waals surface area contributed by atoms with Gasteiger partial charge in [-0.1, -0.05) is 58.0 Å². The second kappa shape index (κ2) is 12.5. The lowest BCUT2D eigenvalue weighted by molar-refractivity contribution is 0.163. The van der Waals surface area contributed by atoms with Crippen molar-refractivity contribution in [3.8, 4) is 0 Å². The summed E-state index contributed by atoms with van der Waals surface area (Å²) in [6, 6.07) is 18.8. The van der Waals surface area contributed by atoms with Crippen LogP contribution >= 0.6 is 0 Å². The van der Waals surface area contributed by atoms with Crippen LogP contribution in [0.1, 0.15) is 44.6 Å². The van der Waals surface area contributed by atoms with Crippen LogP contribution in [0.3, 0.4) is 0 Å². The van der Waals surface area contributed by atoms with Gasteiger partial charge in [0.1, 0.15) is 5.58 Å². The van der Waals surface area contributed by atoms with Crippen LogP contribution in [0.5, 0.6) is 0 Å². The smallest absolute Gasteiger partial charge is 0.243 e. The first kappa shape index (κ1) is 29.1. The van der Waals surface area contributed by atoms with Gasteiger partial charge in [-0.25, -0.2) is 8.42 Å². The molecule has 0 aliphatic carbocycles. The predicted molar refractivity (Wildman–Crippen MR) is 157 cm³/mol. The molecule has 0 aliphatic heterocycles. The van der Waals surface area contributed by atoms with Crippen molar-refractivity contribution < 1.29 is 12.8 Å². The van der Waals surface area contributed by atoms with E-state index in [0.717, 1.165) is 35.4 Å². The Labute approximate surface area is 233 Å². The fourth-order valence-electron chi connectivity index (χ4n) is 5.32. The highest BCUT2D eigenvalue weighted by molar-refractivity contribution is 7.89. The van der Waals surface area contributed by atoms with Gasteiger partial charge >= 0.3 is 0 Å². The van der Waals surface area contributed by atoms with Crippen molar-refractivity contribution in [1.82, 2.24) is 19.0 Å². The summed E-state index contributed by atoms with van der Waals surface area (Å²) in [6.07, 6.45) is 2.20. The van der Waals surface area contributed by atoms with E-state index < -0.39 is 10.0 Å². The molecule has 0 spiro atoms. The van der Waals surface area contributed by atoms with Gasteiger partial charge in [-0.3, -0.25) is 4.68 Å². The zero-order valence-electron chi connectivity index (χ0n) is 24.0. The topological polar surface area (TPSA) is 71.6 Å². The number of rotatable bonds is 13. The summed E-state index contributed by atoms with van der Waals surface area (Å²) >= 11 is 0. The number of aryl methyl sites for hydroxylation is 2. The van der Waals surface area contributed by atoms with Crippen LogP contribution in [0.25, 0.3) is 11.0 Å². The molecule has 0 N–H and O–H groups in total. The second-order valence-corrected chi connectivity index (χ2v) is 13.3. The third-order valence-corrected chi connectivity index (χ3v) is 8.78. The third-order valence-electron chi connectivity index (χ3n) is 6.88. The fourth-order valence-corrected chi connectivity index (χ4v) is 6.94. The van der Waals surface area contributed by atoms with Crippen LogP contribution < -0.4 is 0 Å². The number of aromatic nitrogens is 2. The van der Waals surface area contributed by atoms with Gasteiger partial charge in [0.25, 0.3) is 0 Å². The van der Waals surface area contributed by atoms with E-state index in [-0.39, 0.29) is 17.5 Å². The number of sulfonamides is 1. The van der Waals surface area contributed by atoms with Gasteiger partial charge in [0, 0.05) is 38.1 Å². The summed E-state index contributed by atoms with van der Waals surface area (Å²) in [5, 5.41) is 5.28. The Bertz CT molecular complexity index is 1450. The predicted octanol–water partition coefficient (Wildman–Crippen LogP) is 5.89. The second-order valence-electron chi connectivity index (χ2n) is 11.4. The minimum atomic E-state index is -3.87. The van der Waals surface area contributed by atoms with Gasteiger partial charge in [0.05, 0.1) is 29.1 Å². The summed E-state index contributed by atoms with van der Waals surface area (Å²) in [5.41, 5.74) is 3.51. The Kier molecular flexibility index (Phi) is 9.31. The lowest BCUT2D eigenvalue weighted by Crippen LogP contribution is -2.49. The van der Waals surface area contributed by atoms with Crippen LogP contribution in [0, 0.1) is 18.8 Å². The molecule has 0 bridgehead atoms. The molecule has 0 saturated carbocycles. The zero-order valence-corrected chi connectivity index (χ0v) is 24.9. The molecule has 0 unspecified atom stereocenters. The lowest BCUT2D eigenvalue weighted by atomic mass is 10.0. The van der Waals surface area contributed by atoms with Crippen molar-refractivity contribution >= 4 is 21.0 Å². The van der Waals surface area contributed by atoms with Crippen molar-refractivity contribution in [2.45, 2.75) is 58.5 Å². The van der Waals surface area contributed by atoms with Gasteiger partial charge in [0.15, 0.2) is 0 Å². The quantitative estimate of drug-likeness (QED) is 0.208. The molecule has 39 heavy (non-hydrogen) atoms. The highest BCUT2D eigenvalue weighted by Gasteiger charge is 2.34. The molecule has 0 aliphatic rings. The number of hydrogen-bond donors (Lipinski definition) is 0. The summed E-state index contributed by atoms with van der Waals surface area (Å²) in [6.45, 7) is 13.5. The summed E-state index contributed by atoms with van der Waals surface area (Å²) in [7, 11) is -2.00. The van der Waals surface area contributed by atoms with Crippen LogP contribution in [-0.2, 0) is 30.0 Å². The van der Waals surface area contributed by atoms with E-state index >= 15 is 0 Å². The molecule has 2 heterocycles. The first-order chi connectivity index (χ1) is 18.5. The lowest BCUT2D eigenvalue weighted by Gasteiger charge is -2.36. The Balaban J connectivity index is 1.81. The molecule has 0 fully saturated rings. The molecule has 0 saturated heterocycles. The zero-order chi connectivity index (χ0) is 28.2. The van der Waals surface area contributed by atoms with Crippen molar-refractivity contribution in [3.05, 3.63) is 83.9 Å². The molecule has 4 aromatic rings. The fraction of sp³-hybridized carbons (Fsp3) is 0.452. The summed E-state index contributed by atoms with van der Waals surface area (Å²) in [4.78, 5) is 2.70. The van der Waals surface area contributed by atoms with Crippen molar-refractivity contribution in [2.75, 3.05) is 19.6 Å². The SMILES string of the molecule is Cc1cc(CN([C@@H](Cc2ccccc2)CN(CC(C)C)CC(C)C)S(=O)(=O)c2ccc3occc3c2)n(C)n1. The molecule has 1 atom stereocenters. The van der Waals surface area contributed by atoms with Gasteiger partial charge < -0.3 is 9.32 Å². The molecule has 0 amide bonds. The Morgan fingerprint density at radius 3 is 2.23 bits per heavy atom. The summed E-state index contributed by atoms with van der Waals surface area (Å²) < 4.78 is 38.0. The maximum atomic E-state index is 14.5. The van der Waals surface area contributed by atoms with Crippen LogP contribution in [0.4, 0.5) is 0 Å². The number of nitrogens with zero attached hydrogens (tertiary/aromatic N) is 4. The van der Waals surface area contributed by atoms with E-state index in [4.69, 9.17) is 4.42 Å². The molecule has 2 aromatic heterocycles. The molecular weight excluding hydrogens is 508 g/mol. The van der Waals surface area contributed by atoms with E-state index in [1.807, 2.05) is 38.2 Å². The first-order valence-electron chi connectivity index (χ1n) is 13.8. The Morgan fingerprint density at radius 2 is 1.62 bits per heavy atom. The monoisotopic (exact) mass is 550 g/mol. The molecule has 0 radical (unpaired) electrons. The van der Waals surface area contributed by atoms with E-state index in [9.17, 15) is 8.42 Å². The van der Waals surface area contributed by atoms with Crippen molar-refractivity contribution in [1.29, 1.82) is 0 Å². The van der Waals surface area contributed by atoms with Gasteiger partial charge in [-0.15, -0.1) is 0 Å². The third kappa shape index (κ3) is 7.38. The molecule has 7 nitrogen and oxygen atoms in total. The van der Waals surface area contributed by atoms with Gasteiger partial charge in [0.2, 0.25) is 10.0 Å². The average molecular weight is 551 g/mol. The Morgan fingerprint density at radius 1 is 0.923 bits per heavy atom. The normalized spacial score (nSPS) is 13.4. The van der Waals surface area contributed by atoms with E-state index in [2.05, 4.69) is 49.8 Å². The largest absolute Gasteiger partial charge is 0.464 e. The molecule has 8 heteroatoms. The highest BCUT2D eigenvalue weighted by atomic mass is 32.2. The molecule has 4 rings (SSSR count). The first-order valence-corrected chi connectivity index (χ1v) is 15.2. The standard InChI is InChI=1S/C31H42N4O3S/c1-23(2)19-34(20-24(3)4)21-29(17-26-10-8-7-9-11-26)35(22-28-16-25(5)32-33(28)6)39(36,37)30-12-13-31-27(18-30)14-15-38-31/h7-16,18,23-24,29H,17,19-22H2,1-6H3/t29-/m0/s1. The number of benzene rings is 2. The van der Waals surface area contributed by atoms with Crippen LogP contribution in [-0.4, -0.2) is 53.1 Å². The number of furan rings is 1. The van der Waals surface area contributed by atoms with E-state index in [1.54, 1.807) is 39.5 Å². The minimum Gasteiger partial charge on any atom is -0.464 e. The van der Waals surface area contributed by atoms with Gasteiger partial charge in [-0.2, -0.15) is 9.40 Å². The van der Waals surface area contributed by atoms with E-state index in [0.29, 0.717) is 30.4 Å². The van der Waals surface area contributed by atoms with Crippen LogP contribution in [0.15, 0.2) is 76.2 Å². The molecular formula is C31H42N4O3S. The molecule has 210 valence electrons. The maximum absolute atomic E-state index is 14.5. The Hall–Kier alpha value is -2.94.